The van der Waals surface area contributed by atoms with Gasteiger partial charge in [-0.3, -0.25) is 0 Å². The predicted octanol–water partition coefficient (Wildman–Crippen LogP) is 6.33. The second kappa shape index (κ2) is 9.33. The molecule has 3 aromatic carbocycles. The standard InChI is InChI=1S/C27H22N4O2S/c1-18(16-19-12-14-21(33-2)15-13-19)25-29-26(22-10-6-7-11-24(22)32)31(30-25)27-28-23(17-34-27)20-8-4-3-5-9-20/h3-17,32H,1-2H3/b18-16+. The van der Waals surface area contributed by atoms with Crippen LogP contribution in [-0.2, 0) is 0 Å². The van der Waals surface area contributed by atoms with Gasteiger partial charge in [-0.1, -0.05) is 54.6 Å². The molecule has 0 unspecified atom stereocenters. The fourth-order valence-corrected chi connectivity index (χ4v) is 4.35. The van der Waals surface area contributed by atoms with Crippen molar-refractivity contribution < 1.29 is 9.84 Å². The van der Waals surface area contributed by atoms with Crippen LogP contribution in [0.4, 0.5) is 0 Å². The summed E-state index contributed by atoms with van der Waals surface area (Å²) in [5.74, 6) is 2.03. The molecule has 0 saturated carbocycles. The molecule has 7 heteroatoms. The Bertz CT molecular complexity index is 1450. The molecule has 0 fully saturated rings. The lowest BCUT2D eigenvalue weighted by molar-refractivity contribution is 0.415. The highest BCUT2D eigenvalue weighted by atomic mass is 32.1. The highest BCUT2D eigenvalue weighted by molar-refractivity contribution is 7.12. The number of nitrogens with zero attached hydrogens (tertiary/aromatic N) is 4. The van der Waals surface area contributed by atoms with Crippen LogP contribution in [0.5, 0.6) is 11.5 Å². The van der Waals surface area contributed by atoms with E-state index in [2.05, 4.69) is 0 Å². The summed E-state index contributed by atoms with van der Waals surface area (Å²) in [6.07, 6.45) is 2.02. The van der Waals surface area contributed by atoms with Gasteiger partial charge in [0.25, 0.3) is 0 Å². The number of para-hydroxylation sites is 1. The predicted molar refractivity (Wildman–Crippen MR) is 136 cm³/mol. The van der Waals surface area contributed by atoms with Gasteiger partial charge in [-0.15, -0.1) is 16.4 Å². The van der Waals surface area contributed by atoms with Gasteiger partial charge < -0.3 is 9.84 Å². The molecule has 0 radical (unpaired) electrons. The molecule has 0 spiro atoms. The number of methoxy groups -OCH3 is 1. The van der Waals surface area contributed by atoms with Gasteiger partial charge in [-0.2, -0.15) is 4.68 Å². The Labute approximate surface area is 201 Å². The molecule has 0 aliphatic heterocycles. The van der Waals surface area contributed by atoms with E-state index in [0.29, 0.717) is 22.3 Å². The quantitative estimate of drug-likeness (QED) is 0.316. The Morgan fingerprint density at radius 2 is 1.68 bits per heavy atom. The summed E-state index contributed by atoms with van der Waals surface area (Å²) < 4.78 is 6.94. The number of thiazole rings is 1. The molecule has 0 bridgehead atoms. The van der Waals surface area contributed by atoms with Crippen LogP contribution < -0.4 is 4.74 Å². The van der Waals surface area contributed by atoms with Crippen LogP contribution >= 0.6 is 11.3 Å². The number of hydrogen-bond acceptors (Lipinski definition) is 6. The normalized spacial score (nSPS) is 11.5. The number of aromatic hydroxyl groups is 1. The average Bonchev–Trinajstić information content (AvgIpc) is 3.53. The lowest BCUT2D eigenvalue weighted by Crippen LogP contribution is -1.99. The first-order chi connectivity index (χ1) is 16.6. The molecule has 2 heterocycles. The summed E-state index contributed by atoms with van der Waals surface area (Å²) in [6.45, 7) is 1.97. The minimum absolute atomic E-state index is 0.138. The SMILES string of the molecule is COc1ccc(/C=C(\C)c2nc(-c3ccccc3O)n(-c3nc(-c4ccccc4)cs3)n2)cc1. The molecule has 168 valence electrons. The van der Waals surface area contributed by atoms with Crippen LogP contribution in [0.2, 0.25) is 0 Å². The molecule has 5 aromatic rings. The summed E-state index contributed by atoms with van der Waals surface area (Å²) in [5, 5.41) is 18.0. The number of allylic oxidation sites excluding steroid dienone is 1. The number of hydrogen-bond donors (Lipinski definition) is 1. The van der Waals surface area contributed by atoms with Crippen molar-refractivity contribution >= 4 is 23.0 Å². The van der Waals surface area contributed by atoms with Crippen LogP contribution in [0.15, 0.2) is 84.2 Å². The lowest BCUT2D eigenvalue weighted by Gasteiger charge is -2.04. The molecule has 34 heavy (non-hydrogen) atoms. The molecule has 0 aliphatic rings. The van der Waals surface area contributed by atoms with Gasteiger partial charge in [0.15, 0.2) is 11.6 Å². The van der Waals surface area contributed by atoms with Crippen LogP contribution in [-0.4, -0.2) is 32.0 Å². The lowest BCUT2D eigenvalue weighted by atomic mass is 10.1. The summed E-state index contributed by atoms with van der Waals surface area (Å²) >= 11 is 1.48. The van der Waals surface area contributed by atoms with Gasteiger partial charge in [-0.05, 0) is 48.4 Å². The number of benzene rings is 3. The van der Waals surface area contributed by atoms with E-state index >= 15 is 0 Å². The van der Waals surface area contributed by atoms with Crippen LogP contribution in [0.25, 0.3) is 39.4 Å². The number of phenolic OH excluding ortho intramolecular Hbond substituents is 1. The fourth-order valence-electron chi connectivity index (χ4n) is 3.57. The Balaban J connectivity index is 1.59. The first-order valence-electron chi connectivity index (χ1n) is 10.7. The van der Waals surface area contributed by atoms with Crippen molar-refractivity contribution in [1.29, 1.82) is 0 Å². The fraction of sp³-hybridized carbons (Fsp3) is 0.0741. The molecule has 6 nitrogen and oxygen atoms in total. The summed E-state index contributed by atoms with van der Waals surface area (Å²) in [4.78, 5) is 9.60. The Morgan fingerprint density at radius 3 is 2.41 bits per heavy atom. The van der Waals surface area contributed by atoms with Gasteiger partial charge in [0, 0.05) is 10.9 Å². The zero-order valence-electron chi connectivity index (χ0n) is 18.7. The molecule has 0 aliphatic carbocycles. The Hall–Kier alpha value is -4.23. The molecule has 0 saturated heterocycles. The Morgan fingerprint density at radius 1 is 0.941 bits per heavy atom. The topological polar surface area (TPSA) is 73.1 Å². The second-order valence-corrected chi connectivity index (χ2v) is 8.51. The van der Waals surface area contributed by atoms with Crippen molar-refractivity contribution in [1.82, 2.24) is 19.7 Å². The van der Waals surface area contributed by atoms with Gasteiger partial charge >= 0.3 is 0 Å². The van der Waals surface area contributed by atoms with Crippen LogP contribution in [0.1, 0.15) is 18.3 Å². The maximum atomic E-state index is 10.5. The zero-order valence-corrected chi connectivity index (χ0v) is 19.5. The third-order valence-corrected chi connectivity index (χ3v) is 6.16. The first kappa shape index (κ1) is 21.6. The minimum Gasteiger partial charge on any atom is -0.507 e. The van der Waals surface area contributed by atoms with E-state index in [1.54, 1.807) is 23.9 Å². The maximum Gasteiger partial charge on any atom is 0.212 e. The monoisotopic (exact) mass is 466 g/mol. The molecule has 1 N–H and O–H groups in total. The summed E-state index contributed by atoms with van der Waals surface area (Å²) in [5.41, 5.74) is 4.39. The van der Waals surface area contributed by atoms with E-state index in [1.165, 1.54) is 11.3 Å². The molecular formula is C27H22N4O2S. The van der Waals surface area contributed by atoms with Crippen molar-refractivity contribution in [3.05, 3.63) is 95.6 Å². The first-order valence-corrected chi connectivity index (χ1v) is 11.6. The van der Waals surface area contributed by atoms with Crippen molar-refractivity contribution in [2.24, 2.45) is 0 Å². The van der Waals surface area contributed by atoms with Gasteiger partial charge in [0.2, 0.25) is 5.13 Å². The molecule has 5 rings (SSSR count). The largest absolute Gasteiger partial charge is 0.507 e. The third kappa shape index (κ3) is 4.33. The smallest absolute Gasteiger partial charge is 0.212 e. The number of rotatable bonds is 6. The van der Waals surface area contributed by atoms with Crippen molar-refractivity contribution in [3.8, 4) is 39.3 Å². The highest BCUT2D eigenvalue weighted by Crippen LogP contribution is 2.32. The van der Waals surface area contributed by atoms with E-state index in [0.717, 1.165) is 28.1 Å². The van der Waals surface area contributed by atoms with Crippen molar-refractivity contribution in [3.63, 3.8) is 0 Å². The second-order valence-electron chi connectivity index (χ2n) is 7.67. The molecule has 0 amide bonds. The van der Waals surface area contributed by atoms with E-state index in [4.69, 9.17) is 19.8 Å². The molecular weight excluding hydrogens is 444 g/mol. The van der Waals surface area contributed by atoms with Gasteiger partial charge in [0.1, 0.15) is 11.5 Å². The van der Waals surface area contributed by atoms with Crippen molar-refractivity contribution in [2.45, 2.75) is 6.92 Å². The summed E-state index contributed by atoms with van der Waals surface area (Å²) in [7, 11) is 1.65. The van der Waals surface area contributed by atoms with Crippen molar-refractivity contribution in [2.75, 3.05) is 7.11 Å². The highest BCUT2D eigenvalue weighted by Gasteiger charge is 2.19. The molecule has 0 atom stereocenters. The van der Waals surface area contributed by atoms with E-state index in [9.17, 15) is 5.11 Å². The van der Waals surface area contributed by atoms with Crippen LogP contribution in [0, 0.1) is 0 Å². The van der Waals surface area contributed by atoms with Gasteiger partial charge in [0.05, 0.1) is 18.4 Å². The van der Waals surface area contributed by atoms with E-state index in [1.807, 2.05) is 85.1 Å². The third-order valence-electron chi connectivity index (χ3n) is 5.35. The minimum atomic E-state index is 0.138. The average molecular weight is 467 g/mol. The Kier molecular flexibility index (Phi) is 5.93. The number of phenols is 1. The van der Waals surface area contributed by atoms with E-state index < -0.39 is 0 Å². The van der Waals surface area contributed by atoms with Gasteiger partial charge in [-0.25, -0.2) is 9.97 Å². The summed E-state index contributed by atoms with van der Waals surface area (Å²) in [6, 6.07) is 24.9. The number of aromatic nitrogens is 4. The van der Waals surface area contributed by atoms with E-state index in [-0.39, 0.29) is 5.75 Å². The maximum absolute atomic E-state index is 10.5. The van der Waals surface area contributed by atoms with Crippen LogP contribution in [0.3, 0.4) is 0 Å². The molecule has 2 aromatic heterocycles. The number of ether oxygens (including phenoxy) is 1. The zero-order chi connectivity index (χ0) is 23.5.